The lowest BCUT2D eigenvalue weighted by Gasteiger charge is -2.36. The molecule has 0 aliphatic carbocycles. The number of ether oxygens (including phenoxy) is 2. The number of halogens is 1. The van der Waals surface area contributed by atoms with Gasteiger partial charge in [-0.15, -0.1) is 0 Å². The van der Waals surface area contributed by atoms with E-state index in [1.807, 2.05) is 54.6 Å². The molecule has 0 amide bonds. The highest BCUT2D eigenvalue weighted by Crippen LogP contribution is 2.27. The van der Waals surface area contributed by atoms with Crippen LogP contribution < -0.4 is 4.74 Å². The number of piperazine rings is 1. The zero-order valence-corrected chi connectivity index (χ0v) is 21.6. The molecule has 0 bridgehead atoms. The van der Waals surface area contributed by atoms with Crippen LogP contribution in [0.25, 0.3) is 0 Å². The number of nitrogens with zero attached hydrogens (tertiary/aromatic N) is 3. The second-order valence-electron chi connectivity index (χ2n) is 8.52. The first-order valence-electron chi connectivity index (χ1n) is 11.6. The predicted molar refractivity (Wildman–Crippen MR) is 138 cm³/mol. The fraction of sp³-hybridized carbons (Fsp3) is 0.296. The molecule has 3 aromatic carbocycles. The Morgan fingerprint density at radius 1 is 1.00 bits per heavy atom. The molecule has 7 nitrogen and oxygen atoms in total. The Morgan fingerprint density at radius 2 is 1.75 bits per heavy atom. The van der Waals surface area contributed by atoms with E-state index in [2.05, 4.69) is 4.90 Å². The highest BCUT2D eigenvalue weighted by Gasteiger charge is 2.31. The van der Waals surface area contributed by atoms with Gasteiger partial charge in [0.15, 0.2) is 0 Å². The van der Waals surface area contributed by atoms with E-state index in [1.54, 1.807) is 19.2 Å². The second kappa shape index (κ2) is 11.9. The fourth-order valence-electron chi connectivity index (χ4n) is 4.23. The van der Waals surface area contributed by atoms with Crippen molar-refractivity contribution in [2.75, 3.05) is 39.8 Å². The smallest absolute Gasteiger partial charge is 0.244 e. The van der Waals surface area contributed by atoms with Gasteiger partial charge in [-0.3, -0.25) is 4.90 Å². The number of methoxy groups -OCH3 is 1. The molecule has 3 aromatic rings. The summed E-state index contributed by atoms with van der Waals surface area (Å²) in [5, 5.41) is 10.0. The topological polar surface area (TPSA) is 82.9 Å². The third kappa shape index (κ3) is 6.25. The minimum absolute atomic E-state index is 0.0556. The van der Waals surface area contributed by atoms with Gasteiger partial charge in [-0.25, -0.2) is 8.42 Å². The number of rotatable bonds is 9. The summed E-state index contributed by atoms with van der Waals surface area (Å²) in [4.78, 5) is 2.25. The standard InChI is InChI=1S/C27H28ClN3O4S/c1-34-25-10-5-8-22(17-25)26(35-20-21-6-4-9-24(28)16-21)19-30-12-14-31(15-13-30)36(32,33)27-11-3-2-7-23(27)18-29/h2-11,16-17,26H,12-15,19-20H2,1H3/t26-/m0/s1. The molecule has 0 aromatic heterocycles. The molecular weight excluding hydrogens is 498 g/mol. The van der Waals surface area contributed by atoms with E-state index in [0.29, 0.717) is 44.4 Å². The lowest BCUT2D eigenvalue weighted by Crippen LogP contribution is -2.49. The van der Waals surface area contributed by atoms with Crippen LogP contribution in [0.15, 0.2) is 77.7 Å². The lowest BCUT2D eigenvalue weighted by molar-refractivity contribution is 0.00763. The van der Waals surface area contributed by atoms with Crippen LogP contribution in [-0.2, 0) is 21.4 Å². The van der Waals surface area contributed by atoms with Crippen LogP contribution in [0.3, 0.4) is 0 Å². The Morgan fingerprint density at radius 3 is 2.47 bits per heavy atom. The first-order valence-corrected chi connectivity index (χ1v) is 13.4. The van der Waals surface area contributed by atoms with Crippen molar-refractivity contribution in [2.45, 2.75) is 17.6 Å². The van der Waals surface area contributed by atoms with Crippen molar-refractivity contribution in [3.63, 3.8) is 0 Å². The molecule has 1 aliphatic rings. The molecule has 188 valence electrons. The van der Waals surface area contributed by atoms with Crippen molar-refractivity contribution >= 4 is 21.6 Å². The van der Waals surface area contributed by atoms with E-state index in [1.165, 1.54) is 16.4 Å². The van der Waals surface area contributed by atoms with E-state index < -0.39 is 10.0 Å². The molecular formula is C27H28ClN3O4S. The zero-order valence-electron chi connectivity index (χ0n) is 20.0. The van der Waals surface area contributed by atoms with Crippen molar-refractivity contribution in [3.05, 3.63) is 94.5 Å². The average molecular weight is 526 g/mol. The maximum Gasteiger partial charge on any atom is 0.244 e. The fourth-order valence-corrected chi connectivity index (χ4v) is 6.01. The molecule has 1 fully saturated rings. The summed E-state index contributed by atoms with van der Waals surface area (Å²) in [6.07, 6.45) is -0.249. The Kier molecular flexibility index (Phi) is 8.62. The Labute approximate surface area is 217 Å². The molecule has 0 radical (unpaired) electrons. The SMILES string of the molecule is COc1cccc([C@H](CN2CCN(S(=O)(=O)c3ccccc3C#N)CC2)OCc2cccc(Cl)c2)c1. The van der Waals surface area contributed by atoms with Gasteiger partial charge in [0.05, 0.1) is 30.3 Å². The third-order valence-corrected chi connectivity index (χ3v) is 8.38. The molecule has 9 heteroatoms. The highest BCUT2D eigenvalue weighted by atomic mass is 35.5. The van der Waals surface area contributed by atoms with Gasteiger partial charge < -0.3 is 9.47 Å². The van der Waals surface area contributed by atoms with Gasteiger partial charge in [-0.2, -0.15) is 9.57 Å². The van der Waals surface area contributed by atoms with Gasteiger partial charge in [0.1, 0.15) is 11.8 Å². The van der Waals surface area contributed by atoms with Crippen LogP contribution in [0.2, 0.25) is 5.02 Å². The van der Waals surface area contributed by atoms with E-state index in [9.17, 15) is 13.7 Å². The molecule has 0 N–H and O–H groups in total. The minimum atomic E-state index is -3.74. The minimum Gasteiger partial charge on any atom is -0.497 e. The molecule has 0 spiro atoms. The molecule has 0 unspecified atom stereocenters. The average Bonchev–Trinajstić information content (AvgIpc) is 2.91. The number of hydrogen-bond acceptors (Lipinski definition) is 6. The third-order valence-electron chi connectivity index (χ3n) is 6.19. The molecule has 1 heterocycles. The van der Waals surface area contributed by atoms with Crippen LogP contribution in [0.5, 0.6) is 5.75 Å². The summed E-state index contributed by atoms with van der Waals surface area (Å²) < 4.78 is 39.6. The monoisotopic (exact) mass is 525 g/mol. The summed E-state index contributed by atoms with van der Waals surface area (Å²) >= 11 is 6.13. The number of benzene rings is 3. The van der Waals surface area contributed by atoms with Crippen LogP contribution in [0.4, 0.5) is 0 Å². The van der Waals surface area contributed by atoms with Gasteiger partial charge in [-0.1, -0.05) is 48.0 Å². The second-order valence-corrected chi connectivity index (χ2v) is 10.9. The molecule has 1 aliphatic heterocycles. The van der Waals surface area contributed by atoms with Gasteiger partial charge in [-0.05, 0) is 47.5 Å². The molecule has 1 atom stereocenters. The quantitative estimate of drug-likeness (QED) is 0.409. The first kappa shape index (κ1) is 26.1. The maximum atomic E-state index is 13.2. The highest BCUT2D eigenvalue weighted by molar-refractivity contribution is 7.89. The van der Waals surface area contributed by atoms with Crippen LogP contribution in [0.1, 0.15) is 22.8 Å². The largest absolute Gasteiger partial charge is 0.497 e. The maximum absolute atomic E-state index is 13.2. The Balaban J connectivity index is 1.46. The van der Waals surface area contributed by atoms with Gasteiger partial charge in [0, 0.05) is 37.7 Å². The Bertz CT molecular complexity index is 1330. The number of hydrogen-bond donors (Lipinski definition) is 0. The van der Waals surface area contributed by atoms with E-state index in [4.69, 9.17) is 21.1 Å². The summed E-state index contributed by atoms with van der Waals surface area (Å²) in [5.74, 6) is 0.746. The summed E-state index contributed by atoms with van der Waals surface area (Å²) in [6, 6.07) is 23.7. The lowest BCUT2D eigenvalue weighted by atomic mass is 10.1. The van der Waals surface area contributed by atoms with E-state index in [0.717, 1.165) is 16.9 Å². The van der Waals surface area contributed by atoms with Crippen molar-refractivity contribution < 1.29 is 17.9 Å². The van der Waals surface area contributed by atoms with Crippen LogP contribution in [-0.4, -0.2) is 57.5 Å². The Hall–Kier alpha value is -2.93. The van der Waals surface area contributed by atoms with Crippen molar-refractivity contribution in [1.29, 1.82) is 5.26 Å². The van der Waals surface area contributed by atoms with Crippen LogP contribution in [0, 0.1) is 11.3 Å². The van der Waals surface area contributed by atoms with E-state index in [-0.39, 0.29) is 16.6 Å². The summed E-state index contributed by atoms with van der Waals surface area (Å²) in [7, 11) is -2.11. The zero-order chi connectivity index (χ0) is 25.5. The first-order chi connectivity index (χ1) is 17.4. The molecule has 36 heavy (non-hydrogen) atoms. The summed E-state index contributed by atoms with van der Waals surface area (Å²) in [5.41, 5.74) is 2.12. The summed E-state index contributed by atoms with van der Waals surface area (Å²) in [6.45, 7) is 2.75. The molecule has 0 saturated carbocycles. The van der Waals surface area contributed by atoms with Gasteiger partial charge in [0.25, 0.3) is 0 Å². The molecule has 4 rings (SSSR count). The normalized spacial score (nSPS) is 15.8. The number of sulfonamides is 1. The van der Waals surface area contributed by atoms with Gasteiger partial charge >= 0.3 is 0 Å². The van der Waals surface area contributed by atoms with Crippen molar-refractivity contribution in [1.82, 2.24) is 9.21 Å². The van der Waals surface area contributed by atoms with Crippen LogP contribution >= 0.6 is 11.6 Å². The van der Waals surface area contributed by atoms with Crippen molar-refractivity contribution in [3.8, 4) is 11.8 Å². The van der Waals surface area contributed by atoms with E-state index >= 15 is 0 Å². The van der Waals surface area contributed by atoms with Gasteiger partial charge in [0.2, 0.25) is 10.0 Å². The molecule has 1 saturated heterocycles. The number of nitriles is 1. The predicted octanol–water partition coefficient (Wildman–Crippen LogP) is 4.48. The van der Waals surface area contributed by atoms with Crippen molar-refractivity contribution in [2.24, 2.45) is 0 Å².